The van der Waals surface area contributed by atoms with E-state index in [4.69, 9.17) is 16.1 Å². The Balaban J connectivity index is 1.60. The monoisotopic (exact) mass is 473 g/mol. The van der Waals surface area contributed by atoms with Gasteiger partial charge in [0.15, 0.2) is 5.82 Å². The maximum atomic E-state index is 13.5. The molecule has 0 aliphatic carbocycles. The van der Waals surface area contributed by atoms with Crippen LogP contribution in [0.2, 0.25) is 5.02 Å². The highest BCUT2D eigenvalue weighted by Crippen LogP contribution is 2.34. The van der Waals surface area contributed by atoms with Crippen LogP contribution in [0, 0.1) is 19.7 Å². The summed E-state index contributed by atoms with van der Waals surface area (Å²) in [7, 11) is 0. The molecule has 1 aliphatic heterocycles. The Morgan fingerprint density at radius 3 is 2.70 bits per heavy atom. The molecule has 0 saturated heterocycles. The van der Waals surface area contributed by atoms with Gasteiger partial charge in [0.25, 0.3) is 17.6 Å². The van der Waals surface area contributed by atoms with Crippen molar-refractivity contribution in [1.29, 1.82) is 0 Å². The number of anilines is 1. The van der Waals surface area contributed by atoms with Gasteiger partial charge in [-0.3, -0.25) is 14.4 Å². The second kappa shape index (κ2) is 8.78. The number of nitrogens with one attached hydrogen (secondary N) is 2. The summed E-state index contributed by atoms with van der Waals surface area (Å²) >= 11 is 6.48. The van der Waals surface area contributed by atoms with Gasteiger partial charge in [-0.1, -0.05) is 16.8 Å². The minimum atomic E-state index is -0.909. The summed E-state index contributed by atoms with van der Waals surface area (Å²) in [6.07, 6.45) is 1.22. The number of carbonyl (C=O) groups is 3. The van der Waals surface area contributed by atoms with E-state index in [2.05, 4.69) is 20.8 Å². The SMILES string of the molecule is Cc1noc([C@H](C)NC(=O)C(=O)c2c(Cl)c(C(=O)Nc3ccc(F)c(C)c3)c3n2CCC3)n1. The van der Waals surface area contributed by atoms with Crippen molar-refractivity contribution < 1.29 is 23.3 Å². The maximum absolute atomic E-state index is 13.5. The van der Waals surface area contributed by atoms with Crippen LogP contribution in [-0.4, -0.2) is 32.3 Å². The van der Waals surface area contributed by atoms with Crippen LogP contribution in [0.5, 0.6) is 0 Å². The molecule has 2 N–H and O–H groups in total. The Hall–Kier alpha value is -3.53. The maximum Gasteiger partial charge on any atom is 0.294 e. The van der Waals surface area contributed by atoms with Gasteiger partial charge in [-0.25, -0.2) is 4.39 Å². The molecule has 0 unspecified atom stereocenters. The van der Waals surface area contributed by atoms with Gasteiger partial charge in [-0.15, -0.1) is 0 Å². The summed E-state index contributed by atoms with van der Waals surface area (Å²) < 4.78 is 20.2. The highest BCUT2D eigenvalue weighted by Gasteiger charge is 2.35. The molecule has 1 aromatic carbocycles. The molecule has 9 nitrogen and oxygen atoms in total. The second-order valence-electron chi connectivity index (χ2n) is 7.86. The van der Waals surface area contributed by atoms with Crippen molar-refractivity contribution in [2.45, 2.75) is 46.2 Å². The molecule has 0 spiro atoms. The molecular formula is C22H21ClFN5O4. The molecule has 2 aromatic heterocycles. The number of aryl methyl sites for hydroxylation is 2. The summed E-state index contributed by atoms with van der Waals surface area (Å²) in [5.41, 5.74) is 1.43. The highest BCUT2D eigenvalue weighted by atomic mass is 35.5. The smallest absolute Gasteiger partial charge is 0.294 e. The summed E-state index contributed by atoms with van der Waals surface area (Å²) in [6, 6.07) is 3.49. The average Bonchev–Trinajstić information content (AvgIpc) is 3.46. The Morgan fingerprint density at radius 2 is 2.03 bits per heavy atom. The fourth-order valence-corrected chi connectivity index (χ4v) is 4.22. The summed E-state index contributed by atoms with van der Waals surface area (Å²) in [4.78, 5) is 42.7. The predicted molar refractivity (Wildman–Crippen MR) is 117 cm³/mol. The van der Waals surface area contributed by atoms with E-state index in [1.807, 2.05) is 0 Å². The third-order valence-corrected chi connectivity index (χ3v) is 5.80. The molecule has 11 heteroatoms. The predicted octanol–water partition coefficient (Wildman–Crippen LogP) is 3.54. The standard InChI is InChI=1S/C22H21ClFN5O4/c1-10-9-13(6-7-14(10)24)27-20(31)16-15-5-4-8-29(15)18(17(16)23)19(30)21(32)25-11(2)22-26-12(3)28-33-22/h6-7,9,11H,4-5,8H2,1-3H3,(H,25,32)(H,27,31)/t11-/m0/s1. The van der Waals surface area contributed by atoms with E-state index in [9.17, 15) is 18.8 Å². The van der Waals surface area contributed by atoms with E-state index in [-0.39, 0.29) is 28.0 Å². The quantitative estimate of drug-likeness (QED) is 0.417. The van der Waals surface area contributed by atoms with E-state index in [1.165, 1.54) is 18.2 Å². The summed E-state index contributed by atoms with van der Waals surface area (Å²) in [5.74, 6) is -2.14. The fourth-order valence-electron chi connectivity index (χ4n) is 3.83. The zero-order chi connectivity index (χ0) is 23.9. The first-order chi connectivity index (χ1) is 15.7. The van der Waals surface area contributed by atoms with Crippen molar-refractivity contribution in [3.05, 3.63) is 63.3 Å². The lowest BCUT2D eigenvalue weighted by molar-refractivity contribution is -0.117. The van der Waals surface area contributed by atoms with Gasteiger partial charge >= 0.3 is 0 Å². The van der Waals surface area contributed by atoms with Crippen LogP contribution in [0.4, 0.5) is 10.1 Å². The van der Waals surface area contributed by atoms with Crippen LogP contribution in [0.15, 0.2) is 22.7 Å². The van der Waals surface area contributed by atoms with Crippen LogP contribution in [-0.2, 0) is 17.8 Å². The minimum Gasteiger partial charge on any atom is -0.340 e. The van der Waals surface area contributed by atoms with Crippen LogP contribution in [0.1, 0.15) is 63.2 Å². The lowest BCUT2D eigenvalue weighted by Gasteiger charge is -2.10. The number of benzene rings is 1. The number of aromatic nitrogens is 3. The van der Waals surface area contributed by atoms with Crippen molar-refractivity contribution >= 4 is 34.9 Å². The molecule has 1 atom stereocenters. The van der Waals surface area contributed by atoms with Crippen molar-refractivity contribution in [3.8, 4) is 0 Å². The number of ketones is 1. The van der Waals surface area contributed by atoms with Crippen molar-refractivity contribution in [1.82, 2.24) is 20.0 Å². The Labute approximate surface area is 193 Å². The van der Waals surface area contributed by atoms with Crippen LogP contribution in [0.25, 0.3) is 0 Å². The van der Waals surface area contributed by atoms with E-state index in [0.29, 0.717) is 42.2 Å². The van der Waals surface area contributed by atoms with Crippen molar-refractivity contribution in [3.63, 3.8) is 0 Å². The van der Waals surface area contributed by atoms with Crippen LogP contribution >= 0.6 is 11.6 Å². The van der Waals surface area contributed by atoms with Gasteiger partial charge in [-0.2, -0.15) is 4.98 Å². The normalized spacial score (nSPS) is 13.5. The first-order valence-electron chi connectivity index (χ1n) is 10.3. The largest absolute Gasteiger partial charge is 0.340 e. The van der Waals surface area contributed by atoms with Gasteiger partial charge < -0.3 is 19.7 Å². The molecule has 4 rings (SSSR count). The molecule has 172 valence electrons. The van der Waals surface area contributed by atoms with Gasteiger partial charge in [0, 0.05) is 17.9 Å². The highest BCUT2D eigenvalue weighted by molar-refractivity contribution is 6.48. The number of Topliss-reactive ketones (excluding diaryl/α,β-unsaturated/α-hetero) is 1. The van der Waals surface area contributed by atoms with Gasteiger partial charge in [-0.05, 0) is 57.4 Å². The van der Waals surface area contributed by atoms with E-state index in [0.717, 1.165) is 0 Å². The van der Waals surface area contributed by atoms with Crippen molar-refractivity contribution in [2.75, 3.05) is 5.32 Å². The number of rotatable bonds is 6. The molecule has 0 radical (unpaired) electrons. The zero-order valence-electron chi connectivity index (χ0n) is 18.2. The summed E-state index contributed by atoms with van der Waals surface area (Å²) in [5, 5.41) is 8.78. The Morgan fingerprint density at radius 1 is 1.27 bits per heavy atom. The zero-order valence-corrected chi connectivity index (χ0v) is 18.9. The molecular weight excluding hydrogens is 453 g/mol. The molecule has 3 aromatic rings. The Bertz CT molecular complexity index is 1280. The third kappa shape index (κ3) is 4.25. The molecule has 0 fully saturated rings. The molecule has 1 aliphatic rings. The van der Waals surface area contributed by atoms with E-state index in [1.54, 1.807) is 25.3 Å². The number of carbonyl (C=O) groups excluding carboxylic acids is 3. The average molecular weight is 474 g/mol. The first kappa shape index (κ1) is 22.7. The third-order valence-electron chi connectivity index (χ3n) is 5.43. The summed E-state index contributed by atoms with van der Waals surface area (Å²) in [6.45, 7) is 5.27. The van der Waals surface area contributed by atoms with Gasteiger partial charge in [0.1, 0.15) is 17.6 Å². The first-order valence-corrected chi connectivity index (χ1v) is 10.7. The number of fused-ring (bicyclic) bond motifs is 1. The molecule has 33 heavy (non-hydrogen) atoms. The molecule has 0 saturated carbocycles. The minimum absolute atomic E-state index is 0.0454. The van der Waals surface area contributed by atoms with E-state index < -0.39 is 23.6 Å². The fraction of sp³-hybridized carbons (Fsp3) is 0.318. The van der Waals surface area contributed by atoms with Crippen LogP contribution in [0.3, 0.4) is 0 Å². The van der Waals surface area contributed by atoms with Gasteiger partial charge in [0.2, 0.25) is 5.89 Å². The number of hydrogen-bond donors (Lipinski definition) is 2. The topological polar surface area (TPSA) is 119 Å². The molecule has 3 heterocycles. The number of hydrogen-bond acceptors (Lipinski definition) is 6. The second-order valence-corrected chi connectivity index (χ2v) is 8.24. The lowest BCUT2D eigenvalue weighted by atomic mass is 10.1. The Kier molecular flexibility index (Phi) is 6.03. The lowest BCUT2D eigenvalue weighted by Crippen LogP contribution is -2.34. The van der Waals surface area contributed by atoms with Crippen molar-refractivity contribution in [2.24, 2.45) is 0 Å². The molecule has 2 amide bonds. The number of halogens is 2. The molecule has 0 bridgehead atoms. The van der Waals surface area contributed by atoms with Gasteiger partial charge in [0.05, 0.1) is 10.6 Å². The number of amides is 2. The van der Waals surface area contributed by atoms with E-state index >= 15 is 0 Å². The van der Waals surface area contributed by atoms with Crippen LogP contribution < -0.4 is 10.6 Å². The number of nitrogens with zero attached hydrogens (tertiary/aromatic N) is 3.